The maximum Gasteiger partial charge on any atom is 0.417 e. The number of hydrogen-bond donors (Lipinski definition) is 3. The predicted molar refractivity (Wildman–Crippen MR) is 183 cm³/mol. The van der Waals surface area contributed by atoms with Crippen LogP contribution in [0.5, 0.6) is 0 Å². The van der Waals surface area contributed by atoms with Gasteiger partial charge in [0.1, 0.15) is 0 Å². The van der Waals surface area contributed by atoms with Gasteiger partial charge in [-0.15, -0.1) is 0 Å². The number of amides is 2. The zero-order chi connectivity index (χ0) is 34.1. The molecule has 8 nitrogen and oxygen atoms in total. The van der Waals surface area contributed by atoms with Crippen LogP contribution in [-0.4, -0.2) is 55.8 Å². The van der Waals surface area contributed by atoms with Crippen LogP contribution in [0.15, 0.2) is 101 Å². The first-order valence-electron chi connectivity index (χ1n) is 15.1. The number of alkyl halides is 3. The van der Waals surface area contributed by atoms with Crippen LogP contribution in [0.4, 0.5) is 18.9 Å². The lowest BCUT2D eigenvalue weighted by Crippen LogP contribution is -2.41. The van der Waals surface area contributed by atoms with Gasteiger partial charge in [-0.1, -0.05) is 76.1 Å². The van der Waals surface area contributed by atoms with Gasteiger partial charge in [-0.05, 0) is 59.2 Å². The van der Waals surface area contributed by atoms with Crippen molar-refractivity contribution in [3.8, 4) is 0 Å². The van der Waals surface area contributed by atoms with Crippen molar-refractivity contribution >= 4 is 51.2 Å². The van der Waals surface area contributed by atoms with Gasteiger partial charge in [0, 0.05) is 42.3 Å². The summed E-state index contributed by atoms with van der Waals surface area (Å²) in [5.41, 5.74) is 4.27. The molecular weight excluding hydrogens is 711 g/mol. The lowest BCUT2D eigenvalue weighted by Gasteiger charge is -2.31. The number of ether oxygens (including phenoxy) is 1. The molecule has 1 unspecified atom stereocenters. The molecule has 1 fully saturated rings. The highest BCUT2D eigenvalue weighted by molar-refractivity contribution is 9.10. The minimum Gasteiger partial charge on any atom is -0.379 e. The molecule has 48 heavy (non-hydrogen) atoms. The van der Waals surface area contributed by atoms with Crippen molar-refractivity contribution in [1.82, 2.24) is 15.6 Å². The van der Waals surface area contributed by atoms with Crippen molar-refractivity contribution in [3.63, 3.8) is 0 Å². The molecule has 1 aliphatic heterocycles. The van der Waals surface area contributed by atoms with E-state index in [4.69, 9.17) is 16.3 Å². The van der Waals surface area contributed by atoms with Gasteiger partial charge in [-0.3, -0.25) is 14.5 Å². The first-order valence-corrected chi connectivity index (χ1v) is 16.2. The molecule has 5 rings (SSSR count). The van der Waals surface area contributed by atoms with E-state index in [1.54, 1.807) is 24.3 Å². The number of halogens is 5. The SMILES string of the molecule is O=C(Nc1ccc(Br)cc1C(=O)NN=Cc1ccc(Cl)c(C(F)(F)F)c1)c1ccc(CNC(CN2CCOCC2)c2ccccc2)cc1. The van der Waals surface area contributed by atoms with E-state index in [2.05, 4.69) is 54.1 Å². The van der Waals surface area contributed by atoms with Crippen LogP contribution in [0.25, 0.3) is 0 Å². The molecule has 1 heterocycles. The Kier molecular flexibility index (Phi) is 12.0. The van der Waals surface area contributed by atoms with Crippen LogP contribution in [0.3, 0.4) is 0 Å². The summed E-state index contributed by atoms with van der Waals surface area (Å²) in [6, 6.07) is 25.6. The fourth-order valence-electron chi connectivity index (χ4n) is 5.10. The van der Waals surface area contributed by atoms with Crippen LogP contribution < -0.4 is 16.1 Å². The van der Waals surface area contributed by atoms with Crippen molar-refractivity contribution in [3.05, 3.63) is 134 Å². The molecule has 4 aromatic carbocycles. The van der Waals surface area contributed by atoms with E-state index in [1.165, 1.54) is 17.7 Å². The van der Waals surface area contributed by atoms with Gasteiger partial charge in [0.2, 0.25) is 0 Å². The van der Waals surface area contributed by atoms with Crippen LogP contribution in [0.2, 0.25) is 5.02 Å². The third-order valence-electron chi connectivity index (χ3n) is 7.67. The Morgan fingerprint density at radius 1 is 0.958 bits per heavy atom. The molecule has 0 saturated carbocycles. The quantitative estimate of drug-likeness (QED) is 0.111. The van der Waals surface area contributed by atoms with Gasteiger partial charge in [-0.2, -0.15) is 18.3 Å². The lowest BCUT2D eigenvalue weighted by molar-refractivity contribution is -0.137. The van der Waals surface area contributed by atoms with Gasteiger partial charge in [0.15, 0.2) is 0 Å². The molecule has 1 saturated heterocycles. The highest BCUT2D eigenvalue weighted by Gasteiger charge is 2.33. The van der Waals surface area contributed by atoms with Crippen LogP contribution in [-0.2, 0) is 17.5 Å². The molecule has 0 aliphatic carbocycles. The molecule has 13 heteroatoms. The summed E-state index contributed by atoms with van der Waals surface area (Å²) in [4.78, 5) is 28.6. The van der Waals surface area contributed by atoms with Crippen molar-refractivity contribution in [2.75, 3.05) is 38.2 Å². The molecular formula is C35H32BrClF3N5O3. The van der Waals surface area contributed by atoms with Crippen LogP contribution >= 0.6 is 27.5 Å². The first kappa shape index (κ1) is 35.2. The number of benzene rings is 4. The molecule has 3 N–H and O–H groups in total. The Bertz CT molecular complexity index is 1750. The summed E-state index contributed by atoms with van der Waals surface area (Å²) >= 11 is 8.99. The number of hydrogen-bond acceptors (Lipinski definition) is 6. The third-order valence-corrected chi connectivity index (χ3v) is 8.49. The Hall–Kier alpha value is -4.07. The summed E-state index contributed by atoms with van der Waals surface area (Å²) in [6.45, 7) is 4.67. The standard InChI is InChI=1S/C35H32BrClF3N5O3/c36-27-11-13-31(28(19-27)34(47)44-42-21-24-8-12-30(37)29(18-24)35(38,39)40)43-33(46)26-9-6-23(7-10-26)20-41-32(25-4-2-1-3-5-25)22-45-14-16-48-17-15-45/h1-13,18-19,21,32,41H,14-17,20,22H2,(H,43,46)(H,44,47). The second kappa shape index (κ2) is 16.4. The van der Waals surface area contributed by atoms with Crippen LogP contribution in [0, 0.1) is 0 Å². The monoisotopic (exact) mass is 741 g/mol. The molecule has 0 bridgehead atoms. The van der Waals surface area contributed by atoms with E-state index in [0.29, 0.717) is 16.6 Å². The van der Waals surface area contributed by atoms with E-state index in [1.807, 2.05) is 30.3 Å². The largest absolute Gasteiger partial charge is 0.417 e. The summed E-state index contributed by atoms with van der Waals surface area (Å²) < 4.78 is 45.6. The second-order valence-corrected chi connectivity index (χ2v) is 12.4. The van der Waals surface area contributed by atoms with E-state index < -0.39 is 28.6 Å². The first-order chi connectivity index (χ1) is 23.1. The summed E-state index contributed by atoms with van der Waals surface area (Å²) in [6.07, 6.45) is -3.57. The normalized spacial score (nSPS) is 14.5. The van der Waals surface area contributed by atoms with Gasteiger partial charge < -0.3 is 15.4 Å². The summed E-state index contributed by atoms with van der Waals surface area (Å²) in [5.74, 6) is -1.11. The fourth-order valence-corrected chi connectivity index (χ4v) is 5.69. The number of carbonyl (C=O) groups is 2. The van der Waals surface area contributed by atoms with E-state index in [0.717, 1.165) is 56.8 Å². The minimum absolute atomic E-state index is 0.0844. The van der Waals surface area contributed by atoms with Crippen molar-refractivity contribution in [1.29, 1.82) is 0 Å². The number of nitrogens with one attached hydrogen (secondary N) is 3. The second-order valence-electron chi connectivity index (χ2n) is 11.0. The average molecular weight is 743 g/mol. The summed E-state index contributed by atoms with van der Waals surface area (Å²) in [5, 5.41) is 9.77. The number of rotatable bonds is 11. The van der Waals surface area contributed by atoms with Crippen molar-refractivity contribution < 1.29 is 27.5 Å². The third kappa shape index (κ3) is 9.74. The molecule has 1 aliphatic rings. The molecule has 4 aromatic rings. The molecule has 1 atom stereocenters. The molecule has 2 amide bonds. The predicted octanol–water partition coefficient (Wildman–Crippen LogP) is 7.30. The highest BCUT2D eigenvalue weighted by atomic mass is 79.9. The maximum atomic E-state index is 13.2. The highest BCUT2D eigenvalue weighted by Crippen LogP contribution is 2.35. The van der Waals surface area contributed by atoms with E-state index in [9.17, 15) is 22.8 Å². The maximum absolute atomic E-state index is 13.2. The number of hydrazone groups is 1. The number of anilines is 1. The van der Waals surface area contributed by atoms with Gasteiger partial charge in [0.05, 0.1) is 41.3 Å². The van der Waals surface area contributed by atoms with Crippen LogP contribution in [0.1, 0.15) is 49.0 Å². The minimum atomic E-state index is -4.64. The van der Waals surface area contributed by atoms with Gasteiger partial charge in [-0.25, -0.2) is 5.43 Å². The average Bonchev–Trinajstić information content (AvgIpc) is 3.08. The molecule has 0 radical (unpaired) electrons. The van der Waals surface area contributed by atoms with Gasteiger partial charge in [0.25, 0.3) is 11.8 Å². The Balaban J connectivity index is 1.21. The fraction of sp³-hybridized carbons (Fsp3) is 0.229. The Morgan fingerprint density at radius 2 is 1.69 bits per heavy atom. The smallest absolute Gasteiger partial charge is 0.379 e. The number of morpholine rings is 1. The lowest BCUT2D eigenvalue weighted by atomic mass is 10.0. The molecule has 0 spiro atoms. The van der Waals surface area contributed by atoms with Gasteiger partial charge >= 0.3 is 6.18 Å². The number of nitrogens with zero attached hydrogens (tertiary/aromatic N) is 2. The Labute approximate surface area is 289 Å². The molecule has 0 aromatic heterocycles. The van der Waals surface area contributed by atoms with E-state index in [-0.39, 0.29) is 22.9 Å². The van der Waals surface area contributed by atoms with E-state index >= 15 is 0 Å². The zero-order valence-electron chi connectivity index (χ0n) is 25.6. The molecule has 250 valence electrons. The zero-order valence-corrected chi connectivity index (χ0v) is 27.9. The Morgan fingerprint density at radius 3 is 2.40 bits per heavy atom. The topological polar surface area (TPSA) is 95.1 Å². The van der Waals surface area contributed by atoms with Crippen molar-refractivity contribution in [2.24, 2.45) is 5.10 Å². The summed E-state index contributed by atoms with van der Waals surface area (Å²) in [7, 11) is 0. The number of carbonyl (C=O) groups excluding carboxylic acids is 2. The van der Waals surface area contributed by atoms with Crippen molar-refractivity contribution in [2.45, 2.75) is 18.8 Å².